The molecule has 0 bridgehead atoms. The van der Waals surface area contributed by atoms with Gasteiger partial charge in [-0.2, -0.15) is 0 Å². The molecule has 4 heteroatoms. The molecule has 17 heavy (non-hydrogen) atoms. The molecule has 0 saturated carbocycles. The van der Waals surface area contributed by atoms with Crippen molar-refractivity contribution in [2.75, 3.05) is 11.8 Å². The van der Waals surface area contributed by atoms with Gasteiger partial charge in [-0.25, -0.2) is 4.21 Å². The van der Waals surface area contributed by atoms with Crippen LogP contribution in [0.25, 0.3) is 0 Å². The van der Waals surface area contributed by atoms with Crippen LogP contribution in [0.5, 0.6) is 5.75 Å². The Morgan fingerprint density at radius 2 is 1.65 bits per heavy atom. The van der Waals surface area contributed by atoms with E-state index in [9.17, 15) is 4.21 Å². The van der Waals surface area contributed by atoms with Gasteiger partial charge in [0, 0.05) is 5.69 Å². The summed E-state index contributed by atoms with van der Waals surface area (Å²) in [4.78, 5) is 0.753. The number of hydrogen-bond acceptors (Lipinski definition) is 2. The lowest BCUT2D eigenvalue weighted by atomic mass is 10.3. The first-order valence-corrected chi connectivity index (χ1v) is 6.32. The first-order valence-electron chi connectivity index (χ1n) is 5.17. The van der Waals surface area contributed by atoms with Crippen molar-refractivity contribution in [3.05, 3.63) is 54.6 Å². The smallest absolute Gasteiger partial charge is 0.150 e. The SMILES string of the molecule is COc1ccc(N[S@](=O)c2ccccc2)cc1. The lowest BCUT2D eigenvalue weighted by Gasteiger charge is -2.06. The summed E-state index contributed by atoms with van der Waals surface area (Å²) in [5.74, 6) is 0.779. The molecular weight excluding hydrogens is 234 g/mol. The van der Waals surface area contributed by atoms with Gasteiger partial charge < -0.3 is 9.46 Å². The molecule has 0 fully saturated rings. The first kappa shape index (κ1) is 11.7. The average molecular weight is 247 g/mol. The van der Waals surface area contributed by atoms with Crippen LogP contribution >= 0.6 is 0 Å². The zero-order valence-electron chi connectivity index (χ0n) is 9.42. The van der Waals surface area contributed by atoms with Crippen LogP contribution < -0.4 is 9.46 Å². The largest absolute Gasteiger partial charge is 0.497 e. The van der Waals surface area contributed by atoms with Crippen LogP contribution in [0.2, 0.25) is 0 Å². The molecular formula is C13H13NO2S. The zero-order chi connectivity index (χ0) is 12.1. The molecule has 0 heterocycles. The highest BCUT2D eigenvalue weighted by atomic mass is 32.2. The minimum absolute atomic E-state index is 0.753. The van der Waals surface area contributed by atoms with Crippen LogP contribution in [-0.4, -0.2) is 11.3 Å². The van der Waals surface area contributed by atoms with Crippen molar-refractivity contribution >= 4 is 16.7 Å². The van der Waals surface area contributed by atoms with Gasteiger partial charge in [-0.15, -0.1) is 0 Å². The average Bonchev–Trinajstić information content (AvgIpc) is 2.40. The summed E-state index contributed by atoms with van der Waals surface area (Å²) < 4.78 is 19.9. The first-order chi connectivity index (χ1) is 8.29. The molecule has 2 aromatic carbocycles. The Kier molecular flexibility index (Phi) is 3.77. The Hall–Kier alpha value is -1.81. The zero-order valence-corrected chi connectivity index (χ0v) is 10.2. The quantitative estimate of drug-likeness (QED) is 0.902. The van der Waals surface area contributed by atoms with Gasteiger partial charge in [-0.3, -0.25) is 0 Å². The van der Waals surface area contributed by atoms with Crippen molar-refractivity contribution in [2.24, 2.45) is 0 Å². The van der Waals surface area contributed by atoms with Gasteiger partial charge in [-0.05, 0) is 36.4 Å². The predicted octanol–water partition coefficient (Wildman–Crippen LogP) is 2.83. The summed E-state index contributed by atoms with van der Waals surface area (Å²) in [5.41, 5.74) is 0.799. The molecule has 2 aromatic rings. The van der Waals surface area contributed by atoms with E-state index in [4.69, 9.17) is 4.74 Å². The van der Waals surface area contributed by atoms with E-state index in [2.05, 4.69) is 4.72 Å². The van der Waals surface area contributed by atoms with E-state index in [1.807, 2.05) is 54.6 Å². The van der Waals surface area contributed by atoms with Crippen LogP contribution in [-0.2, 0) is 11.0 Å². The maximum absolute atomic E-state index is 11.9. The van der Waals surface area contributed by atoms with Gasteiger partial charge in [0.25, 0.3) is 0 Å². The minimum atomic E-state index is -1.23. The molecule has 0 aliphatic carbocycles. The van der Waals surface area contributed by atoms with Gasteiger partial charge in [0.15, 0.2) is 0 Å². The summed E-state index contributed by atoms with van der Waals surface area (Å²) in [6.07, 6.45) is 0. The van der Waals surface area contributed by atoms with Crippen molar-refractivity contribution in [1.82, 2.24) is 0 Å². The molecule has 3 nitrogen and oxygen atoms in total. The Balaban J connectivity index is 2.08. The normalized spacial score (nSPS) is 11.8. The van der Waals surface area contributed by atoms with Crippen molar-refractivity contribution < 1.29 is 8.95 Å². The third-order valence-electron chi connectivity index (χ3n) is 2.26. The second-order valence-corrected chi connectivity index (χ2v) is 4.63. The monoisotopic (exact) mass is 247 g/mol. The number of anilines is 1. The van der Waals surface area contributed by atoms with E-state index in [0.29, 0.717) is 0 Å². The minimum Gasteiger partial charge on any atom is -0.497 e. The fourth-order valence-electron chi connectivity index (χ4n) is 1.37. The second-order valence-electron chi connectivity index (χ2n) is 3.41. The molecule has 2 rings (SSSR count). The fourth-order valence-corrected chi connectivity index (χ4v) is 2.24. The highest BCUT2D eigenvalue weighted by molar-refractivity contribution is 7.86. The Labute approximate surface area is 103 Å². The Morgan fingerprint density at radius 3 is 2.24 bits per heavy atom. The van der Waals surface area contributed by atoms with Crippen LogP contribution in [0.4, 0.5) is 5.69 Å². The molecule has 0 spiro atoms. The Bertz CT molecular complexity index is 497. The van der Waals surface area contributed by atoms with Gasteiger partial charge in [-0.1, -0.05) is 18.2 Å². The summed E-state index contributed by atoms with van der Waals surface area (Å²) in [6, 6.07) is 16.6. The van der Waals surface area contributed by atoms with Crippen LogP contribution in [0.1, 0.15) is 0 Å². The third-order valence-corrected chi connectivity index (χ3v) is 3.38. The van der Waals surface area contributed by atoms with Crippen molar-refractivity contribution in [1.29, 1.82) is 0 Å². The lowest BCUT2D eigenvalue weighted by Crippen LogP contribution is -2.04. The van der Waals surface area contributed by atoms with Crippen molar-refractivity contribution in [3.8, 4) is 5.75 Å². The van der Waals surface area contributed by atoms with E-state index >= 15 is 0 Å². The molecule has 0 aromatic heterocycles. The van der Waals surface area contributed by atoms with E-state index in [1.54, 1.807) is 7.11 Å². The number of methoxy groups -OCH3 is 1. The maximum Gasteiger partial charge on any atom is 0.150 e. The number of ether oxygens (including phenoxy) is 1. The summed E-state index contributed by atoms with van der Waals surface area (Å²) in [6.45, 7) is 0. The number of nitrogens with one attached hydrogen (secondary N) is 1. The molecule has 0 aliphatic heterocycles. The van der Waals surface area contributed by atoms with E-state index in [-0.39, 0.29) is 0 Å². The highest BCUT2D eigenvalue weighted by Crippen LogP contribution is 2.17. The van der Waals surface area contributed by atoms with Gasteiger partial charge in [0.05, 0.1) is 12.0 Å². The molecule has 1 N–H and O–H groups in total. The maximum atomic E-state index is 11.9. The van der Waals surface area contributed by atoms with Crippen molar-refractivity contribution in [3.63, 3.8) is 0 Å². The predicted molar refractivity (Wildman–Crippen MR) is 69.5 cm³/mol. The van der Waals surface area contributed by atoms with Crippen LogP contribution in [0.3, 0.4) is 0 Å². The second kappa shape index (κ2) is 5.50. The molecule has 0 amide bonds. The lowest BCUT2D eigenvalue weighted by molar-refractivity contribution is 0.415. The molecule has 0 saturated heterocycles. The van der Waals surface area contributed by atoms with Crippen LogP contribution in [0.15, 0.2) is 59.5 Å². The van der Waals surface area contributed by atoms with Crippen molar-refractivity contribution in [2.45, 2.75) is 4.90 Å². The number of rotatable bonds is 4. The molecule has 0 aliphatic rings. The summed E-state index contributed by atoms with van der Waals surface area (Å²) >= 11 is 0. The van der Waals surface area contributed by atoms with Gasteiger partial charge >= 0.3 is 0 Å². The van der Waals surface area contributed by atoms with Crippen LogP contribution in [0, 0.1) is 0 Å². The summed E-state index contributed by atoms with van der Waals surface area (Å²) in [7, 11) is 0.382. The summed E-state index contributed by atoms with van der Waals surface area (Å²) in [5, 5.41) is 0. The fraction of sp³-hybridized carbons (Fsp3) is 0.0769. The Morgan fingerprint density at radius 1 is 1.00 bits per heavy atom. The molecule has 0 unspecified atom stereocenters. The standard InChI is InChI=1S/C13H13NO2S/c1-16-12-9-7-11(8-10-12)14-17(15)13-5-3-2-4-6-13/h2-10,14H,1H3/t17-/m1/s1. The number of benzene rings is 2. The molecule has 1 atom stereocenters. The number of hydrogen-bond donors (Lipinski definition) is 1. The third kappa shape index (κ3) is 3.07. The van der Waals surface area contributed by atoms with E-state index in [0.717, 1.165) is 16.3 Å². The topological polar surface area (TPSA) is 38.3 Å². The van der Waals surface area contributed by atoms with Gasteiger partial charge in [0.2, 0.25) is 0 Å². The molecule has 0 radical (unpaired) electrons. The highest BCUT2D eigenvalue weighted by Gasteiger charge is 2.02. The van der Waals surface area contributed by atoms with E-state index < -0.39 is 11.0 Å². The van der Waals surface area contributed by atoms with Gasteiger partial charge in [0.1, 0.15) is 16.7 Å². The van der Waals surface area contributed by atoms with E-state index in [1.165, 1.54) is 0 Å². The molecule has 88 valence electrons.